The van der Waals surface area contributed by atoms with Crippen molar-refractivity contribution in [2.45, 2.75) is 19.1 Å². The van der Waals surface area contributed by atoms with Crippen molar-refractivity contribution in [1.82, 2.24) is 20.6 Å². The third kappa shape index (κ3) is 7.90. The lowest BCUT2D eigenvalue weighted by Gasteiger charge is -2.31. The summed E-state index contributed by atoms with van der Waals surface area (Å²) in [6.07, 6.45) is -1.19. The van der Waals surface area contributed by atoms with Crippen LogP contribution in [-0.4, -0.2) is 89.8 Å². The Kier molecular flexibility index (Phi) is 9.55. The topological polar surface area (TPSA) is 134 Å². The van der Waals surface area contributed by atoms with E-state index in [0.717, 1.165) is 31.7 Å². The fraction of sp³-hybridized carbons (Fsp3) is 0.346. The molecule has 3 amide bonds. The highest BCUT2D eigenvalue weighted by atomic mass is 16.5. The van der Waals surface area contributed by atoms with Gasteiger partial charge in [-0.1, -0.05) is 11.8 Å². The number of anilines is 1. The molecule has 5 N–H and O–H groups in total. The molecule has 0 bridgehead atoms. The Morgan fingerprint density at radius 3 is 2.03 bits per heavy atom. The number of hydrogen-bond acceptors (Lipinski definition) is 7. The summed E-state index contributed by atoms with van der Waals surface area (Å²) in [6, 6.07) is 12.4. The van der Waals surface area contributed by atoms with Crippen molar-refractivity contribution < 1.29 is 24.7 Å². The second kappa shape index (κ2) is 12.8. The van der Waals surface area contributed by atoms with E-state index in [-0.39, 0.29) is 11.5 Å². The van der Waals surface area contributed by atoms with E-state index < -0.39 is 24.0 Å². The number of likely N-dealkylation sites (N-methyl/N-ethyl adjacent to an activating group) is 1. The van der Waals surface area contributed by atoms with Gasteiger partial charge in [-0.15, -0.1) is 0 Å². The maximum absolute atomic E-state index is 12.3. The van der Waals surface area contributed by atoms with Gasteiger partial charge in [0.2, 0.25) is 5.91 Å². The Hall–Kier alpha value is -3.75. The molecule has 10 heteroatoms. The molecule has 1 heterocycles. The average Bonchev–Trinajstić information content (AvgIpc) is 2.87. The molecule has 1 aliphatic heterocycles. The number of benzene rings is 2. The fourth-order valence-corrected chi connectivity index (χ4v) is 3.60. The molecule has 0 spiro atoms. The first kappa shape index (κ1) is 26.8. The molecule has 1 saturated heterocycles. The van der Waals surface area contributed by atoms with Gasteiger partial charge in [0.1, 0.15) is 6.04 Å². The molecule has 36 heavy (non-hydrogen) atoms. The largest absolute Gasteiger partial charge is 0.391 e. The first-order valence-corrected chi connectivity index (χ1v) is 11.6. The van der Waals surface area contributed by atoms with Gasteiger partial charge in [-0.2, -0.15) is 0 Å². The minimum absolute atomic E-state index is 0.0423. The SMILES string of the molecule is C[C@@H](O)[C@H](NC(=O)c1ccc(C#Cc2ccc(NC(=O)CN3CCN(C)CC3)cc2)cc1)C(=O)NO. The van der Waals surface area contributed by atoms with Crippen LogP contribution in [-0.2, 0) is 9.59 Å². The molecule has 10 nitrogen and oxygen atoms in total. The zero-order valence-electron chi connectivity index (χ0n) is 20.3. The molecule has 0 aromatic heterocycles. The molecule has 2 aromatic carbocycles. The predicted octanol–water partition coefficient (Wildman–Crippen LogP) is 0.257. The number of nitrogens with zero attached hydrogens (tertiary/aromatic N) is 2. The van der Waals surface area contributed by atoms with Crippen LogP contribution < -0.4 is 16.1 Å². The maximum atomic E-state index is 12.3. The molecule has 0 unspecified atom stereocenters. The molecule has 0 radical (unpaired) electrons. The molecule has 1 fully saturated rings. The quantitative estimate of drug-likeness (QED) is 0.212. The van der Waals surface area contributed by atoms with Crippen molar-refractivity contribution in [2.75, 3.05) is 45.1 Å². The van der Waals surface area contributed by atoms with Crippen molar-refractivity contribution in [1.29, 1.82) is 0 Å². The first-order valence-electron chi connectivity index (χ1n) is 11.6. The van der Waals surface area contributed by atoms with Gasteiger partial charge in [0, 0.05) is 48.6 Å². The third-order valence-corrected chi connectivity index (χ3v) is 5.79. The minimum atomic E-state index is -1.29. The Morgan fingerprint density at radius 1 is 0.944 bits per heavy atom. The van der Waals surface area contributed by atoms with Crippen molar-refractivity contribution >= 4 is 23.4 Å². The normalized spacial score (nSPS) is 15.7. The van der Waals surface area contributed by atoms with Crippen LogP contribution in [0.2, 0.25) is 0 Å². The summed E-state index contributed by atoms with van der Waals surface area (Å²) in [6.45, 7) is 5.39. The van der Waals surface area contributed by atoms with Crippen LogP contribution in [0.5, 0.6) is 0 Å². The molecule has 1 aliphatic rings. The maximum Gasteiger partial charge on any atom is 0.268 e. The van der Waals surface area contributed by atoms with E-state index in [1.54, 1.807) is 36.4 Å². The molecule has 2 atom stereocenters. The minimum Gasteiger partial charge on any atom is -0.391 e. The average molecular weight is 494 g/mol. The number of rotatable bonds is 7. The zero-order chi connectivity index (χ0) is 26.1. The van der Waals surface area contributed by atoms with Crippen LogP contribution in [0.3, 0.4) is 0 Å². The van der Waals surface area contributed by atoms with Gasteiger partial charge >= 0.3 is 0 Å². The van der Waals surface area contributed by atoms with E-state index in [1.165, 1.54) is 12.4 Å². The van der Waals surface area contributed by atoms with E-state index in [4.69, 9.17) is 5.21 Å². The van der Waals surface area contributed by atoms with Gasteiger partial charge < -0.3 is 20.6 Å². The van der Waals surface area contributed by atoms with Crippen molar-refractivity contribution in [3.63, 3.8) is 0 Å². The Balaban J connectivity index is 1.53. The van der Waals surface area contributed by atoms with Crippen LogP contribution in [0.15, 0.2) is 48.5 Å². The van der Waals surface area contributed by atoms with Crippen LogP contribution in [0.4, 0.5) is 5.69 Å². The number of aliphatic hydroxyl groups excluding tert-OH is 1. The lowest BCUT2D eigenvalue weighted by molar-refractivity contribution is -0.133. The van der Waals surface area contributed by atoms with Crippen molar-refractivity contribution in [3.8, 4) is 11.8 Å². The smallest absolute Gasteiger partial charge is 0.268 e. The second-order valence-corrected chi connectivity index (χ2v) is 8.70. The highest BCUT2D eigenvalue weighted by molar-refractivity contribution is 5.97. The monoisotopic (exact) mass is 493 g/mol. The summed E-state index contributed by atoms with van der Waals surface area (Å²) in [4.78, 5) is 40.6. The molecule has 190 valence electrons. The fourth-order valence-electron chi connectivity index (χ4n) is 3.60. The highest BCUT2D eigenvalue weighted by Crippen LogP contribution is 2.10. The van der Waals surface area contributed by atoms with Gasteiger partial charge in [0.15, 0.2) is 0 Å². The molecule has 0 aliphatic carbocycles. The summed E-state index contributed by atoms with van der Waals surface area (Å²) >= 11 is 0. The van der Waals surface area contributed by atoms with Gasteiger partial charge in [0.05, 0.1) is 12.6 Å². The zero-order valence-corrected chi connectivity index (χ0v) is 20.3. The number of hydrogen-bond donors (Lipinski definition) is 5. The van der Waals surface area contributed by atoms with E-state index in [9.17, 15) is 19.5 Å². The van der Waals surface area contributed by atoms with E-state index >= 15 is 0 Å². The Bertz CT molecular complexity index is 1110. The summed E-state index contributed by atoms with van der Waals surface area (Å²) in [5, 5.41) is 23.7. The summed E-state index contributed by atoms with van der Waals surface area (Å²) in [5.41, 5.74) is 3.84. The number of carbonyl (C=O) groups excluding carboxylic acids is 3. The Labute approximate surface area is 210 Å². The van der Waals surface area contributed by atoms with Crippen molar-refractivity contribution in [3.05, 3.63) is 65.2 Å². The van der Waals surface area contributed by atoms with Crippen LogP contribution in [0.1, 0.15) is 28.4 Å². The van der Waals surface area contributed by atoms with E-state index in [2.05, 4.69) is 39.3 Å². The summed E-state index contributed by atoms with van der Waals surface area (Å²) in [5.74, 6) is 4.52. The second-order valence-electron chi connectivity index (χ2n) is 8.70. The Morgan fingerprint density at radius 2 is 1.50 bits per heavy atom. The van der Waals surface area contributed by atoms with Crippen molar-refractivity contribution in [2.24, 2.45) is 0 Å². The van der Waals surface area contributed by atoms with Gasteiger partial charge in [-0.05, 0) is 62.5 Å². The van der Waals surface area contributed by atoms with Gasteiger partial charge in [-0.3, -0.25) is 24.5 Å². The number of hydroxylamine groups is 1. The summed E-state index contributed by atoms with van der Waals surface area (Å²) < 4.78 is 0. The number of nitrogens with one attached hydrogen (secondary N) is 3. The third-order valence-electron chi connectivity index (χ3n) is 5.79. The molecule has 0 saturated carbocycles. The van der Waals surface area contributed by atoms with Crippen LogP contribution >= 0.6 is 0 Å². The van der Waals surface area contributed by atoms with Crippen LogP contribution in [0.25, 0.3) is 0 Å². The molecular formula is C26H31N5O5. The van der Waals surface area contributed by atoms with Gasteiger partial charge in [0.25, 0.3) is 11.8 Å². The van der Waals surface area contributed by atoms with Gasteiger partial charge in [-0.25, -0.2) is 5.48 Å². The molecule has 3 rings (SSSR count). The van der Waals surface area contributed by atoms with E-state index in [0.29, 0.717) is 17.8 Å². The molecular weight excluding hydrogens is 462 g/mol. The first-order chi connectivity index (χ1) is 17.2. The predicted molar refractivity (Wildman–Crippen MR) is 134 cm³/mol. The number of aliphatic hydroxyl groups is 1. The van der Waals surface area contributed by atoms with E-state index in [1.807, 2.05) is 12.1 Å². The molecule has 2 aromatic rings. The number of carbonyl (C=O) groups is 3. The van der Waals surface area contributed by atoms with Crippen LogP contribution in [0, 0.1) is 11.8 Å². The number of piperazine rings is 1. The summed E-state index contributed by atoms with van der Waals surface area (Å²) in [7, 11) is 2.08. The lowest BCUT2D eigenvalue weighted by Crippen LogP contribution is -2.51. The lowest BCUT2D eigenvalue weighted by atomic mass is 10.1. The highest BCUT2D eigenvalue weighted by Gasteiger charge is 2.25. The number of amides is 3. The standard InChI is InChI=1S/C26H31N5O5/c1-18(32)24(26(35)29-36)28-25(34)21-9-5-19(6-10-21)3-4-20-7-11-22(12-8-20)27-23(33)17-31-15-13-30(2)14-16-31/h5-12,18,24,32,36H,13-17H2,1-2H3,(H,27,33)(H,28,34)(H,29,35)/t18-,24+/m1/s1.